The Balaban J connectivity index is 1.42. The monoisotopic (exact) mass is 490 g/mol. The number of carbonyl (C=O) groups excluding carboxylic acids is 3. The van der Waals surface area contributed by atoms with Crippen LogP contribution in [0.3, 0.4) is 0 Å². The summed E-state index contributed by atoms with van der Waals surface area (Å²) in [6.45, 7) is 2.19. The number of esters is 1. The molecule has 168 valence electrons. The number of amides is 2. The van der Waals surface area contributed by atoms with Crippen LogP contribution in [0, 0.1) is 0 Å². The Hall–Kier alpha value is -2.43. The largest absolute Gasteiger partial charge is 0.465 e. The van der Waals surface area contributed by atoms with E-state index in [1.165, 1.54) is 34.3 Å². The molecule has 0 unspecified atom stereocenters. The molecule has 4 rings (SSSR count). The number of anilines is 1. The van der Waals surface area contributed by atoms with Crippen molar-refractivity contribution in [1.82, 2.24) is 4.90 Å². The molecule has 1 fully saturated rings. The minimum atomic E-state index is -0.401. The van der Waals surface area contributed by atoms with Crippen LogP contribution in [0.4, 0.5) is 5.00 Å². The smallest absolute Gasteiger partial charge is 0.341 e. The molecule has 10 heteroatoms. The summed E-state index contributed by atoms with van der Waals surface area (Å²) in [5, 5.41) is 3.40. The number of rotatable bonds is 7. The molecule has 2 aromatic rings. The van der Waals surface area contributed by atoms with E-state index >= 15 is 0 Å². The van der Waals surface area contributed by atoms with Crippen LogP contribution in [0.1, 0.15) is 52.7 Å². The molecular weight excluding hydrogens is 468 g/mol. The summed E-state index contributed by atoms with van der Waals surface area (Å²) >= 11 is 7.95. The second kappa shape index (κ2) is 10.0. The number of carbonyl (C=O) groups is 3. The van der Waals surface area contributed by atoms with Gasteiger partial charge in [-0.25, -0.2) is 4.79 Å². The highest BCUT2D eigenvalue weighted by atomic mass is 32.2. The van der Waals surface area contributed by atoms with E-state index < -0.39 is 5.97 Å². The molecule has 0 saturated carbocycles. The number of nitrogens with zero attached hydrogens (tertiary/aromatic N) is 1. The topological polar surface area (TPSA) is 88.9 Å². The fourth-order valence-corrected chi connectivity index (χ4v) is 6.25. The number of ether oxygens (including phenoxy) is 1. The normalized spacial score (nSPS) is 17.0. The number of thiophene rings is 1. The molecule has 1 saturated heterocycles. The van der Waals surface area contributed by atoms with Crippen LogP contribution in [-0.4, -0.2) is 40.2 Å². The Bertz CT molecular complexity index is 1090. The number of hydrogen-bond donors (Lipinski definition) is 1. The zero-order valence-electron chi connectivity index (χ0n) is 17.5. The molecule has 7 nitrogen and oxygen atoms in total. The third-order valence-corrected chi connectivity index (χ3v) is 7.74. The van der Waals surface area contributed by atoms with E-state index in [0.717, 1.165) is 36.1 Å². The van der Waals surface area contributed by atoms with Gasteiger partial charge in [-0.05, 0) is 50.3 Å². The first-order valence-electron chi connectivity index (χ1n) is 10.4. The number of thiocarbonyl (C=S) groups is 1. The van der Waals surface area contributed by atoms with E-state index in [-0.39, 0.29) is 31.4 Å². The van der Waals surface area contributed by atoms with E-state index in [9.17, 15) is 14.4 Å². The summed E-state index contributed by atoms with van der Waals surface area (Å²) < 4.78 is 10.9. The number of furan rings is 1. The minimum absolute atomic E-state index is 0.0608. The molecule has 0 radical (unpaired) electrons. The first-order valence-corrected chi connectivity index (χ1v) is 12.4. The molecule has 0 bridgehead atoms. The van der Waals surface area contributed by atoms with Gasteiger partial charge >= 0.3 is 5.97 Å². The van der Waals surface area contributed by atoms with Crippen LogP contribution in [0.5, 0.6) is 0 Å². The second-order valence-corrected chi connectivity index (χ2v) is 10.1. The molecule has 32 heavy (non-hydrogen) atoms. The van der Waals surface area contributed by atoms with E-state index in [2.05, 4.69) is 5.32 Å². The first-order chi connectivity index (χ1) is 15.5. The van der Waals surface area contributed by atoms with Gasteiger partial charge in [0.25, 0.3) is 5.91 Å². The van der Waals surface area contributed by atoms with Crippen LogP contribution in [-0.2, 0) is 27.2 Å². The van der Waals surface area contributed by atoms with Gasteiger partial charge in [-0.2, -0.15) is 0 Å². The van der Waals surface area contributed by atoms with Crippen molar-refractivity contribution in [2.45, 2.75) is 39.0 Å². The summed E-state index contributed by atoms with van der Waals surface area (Å²) in [7, 11) is 0. The van der Waals surface area contributed by atoms with E-state index in [0.29, 0.717) is 25.6 Å². The number of thioether (sulfide) groups is 1. The zero-order valence-corrected chi connectivity index (χ0v) is 19.9. The average molecular weight is 491 g/mol. The number of aryl methyl sites for hydroxylation is 1. The van der Waals surface area contributed by atoms with Crippen molar-refractivity contribution in [1.29, 1.82) is 0 Å². The van der Waals surface area contributed by atoms with E-state index in [4.69, 9.17) is 21.4 Å². The van der Waals surface area contributed by atoms with Crippen molar-refractivity contribution in [3.05, 3.63) is 45.1 Å². The SMILES string of the molecule is CCOC(=O)c1c(NC(=O)CCN2C(=O)/C(=C\c3ccco3)SC2=S)sc2c1CCCC2. The third kappa shape index (κ3) is 4.82. The van der Waals surface area contributed by atoms with Crippen molar-refractivity contribution in [3.8, 4) is 0 Å². The molecule has 1 N–H and O–H groups in total. The quantitative estimate of drug-likeness (QED) is 0.344. The standard InChI is InChI=1S/C22H22N2O5S3/c1-2-28-21(27)18-14-7-3-4-8-15(14)31-19(18)23-17(25)9-10-24-20(26)16(32-22(24)30)12-13-6-5-11-29-13/h5-6,11-12H,2-4,7-10H2,1H3,(H,23,25)/b16-12+. The molecule has 2 aliphatic rings. The predicted molar refractivity (Wildman–Crippen MR) is 129 cm³/mol. The van der Waals surface area contributed by atoms with Crippen molar-refractivity contribution in [3.63, 3.8) is 0 Å². The molecule has 1 aliphatic heterocycles. The van der Waals surface area contributed by atoms with Gasteiger partial charge in [0.05, 0.1) is 23.3 Å². The van der Waals surface area contributed by atoms with Crippen LogP contribution < -0.4 is 5.32 Å². The summed E-state index contributed by atoms with van der Waals surface area (Å²) in [4.78, 5) is 40.9. The average Bonchev–Trinajstić information content (AvgIpc) is 3.46. The van der Waals surface area contributed by atoms with Gasteiger partial charge in [0.15, 0.2) is 0 Å². The summed E-state index contributed by atoms with van der Waals surface area (Å²) in [5.41, 5.74) is 1.47. The second-order valence-electron chi connectivity index (χ2n) is 7.28. The predicted octanol–water partition coefficient (Wildman–Crippen LogP) is 4.63. The number of hydrogen-bond acceptors (Lipinski definition) is 8. The van der Waals surface area contributed by atoms with Crippen molar-refractivity contribution in [2.24, 2.45) is 0 Å². The van der Waals surface area contributed by atoms with E-state index in [1.807, 2.05) is 0 Å². The van der Waals surface area contributed by atoms with Gasteiger partial charge in [-0.3, -0.25) is 14.5 Å². The van der Waals surface area contributed by atoms with Gasteiger partial charge in [0.2, 0.25) is 5.91 Å². The summed E-state index contributed by atoms with van der Waals surface area (Å²) in [6, 6.07) is 3.49. The molecular formula is C22H22N2O5S3. The highest BCUT2D eigenvalue weighted by molar-refractivity contribution is 8.26. The molecule has 0 spiro atoms. The summed E-state index contributed by atoms with van der Waals surface area (Å²) in [6.07, 6.45) is 7.04. The van der Waals surface area contributed by atoms with Gasteiger partial charge < -0.3 is 14.5 Å². The van der Waals surface area contributed by atoms with Crippen molar-refractivity contribution >= 4 is 68.5 Å². The number of nitrogens with one attached hydrogen (secondary N) is 1. The lowest BCUT2D eigenvalue weighted by Gasteiger charge is -2.14. The molecule has 0 atom stereocenters. The van der Waals surface area contributed by atoms with Gasteiger partial charge in [0.1, 0.15) is 15.1 Å². The zero-order chi connectivity index (χ0) is 22.7. The van der Waals surface area contributed by atoms with Crippen LogP contribution >= 0.6 is 35.3 Å². The lowest BCUT2D eigenvalue weighted by Crippen LogP contribution is -2.31. The molecule has 2 aromatic heterocycles. The molecule has 0 aromatic carbocycles. The molecule has 1 aliphatic carbocycles. The molecule has 2 amide bonds. The lowest BCUT2D eigenvalue weighted by molar-refractivity contribution is -0.122. The Kier molecular flexibility index (Phi) is 7.12. The first kappa shape index (κ1) is 22.8. The lowest BCUT2D eigenvalue weighted by atomic mass is 9.95. The van der Waals surface area contributed by atoms with Gasteiger partial charge in [-0.15, -0.1) is 11.3 Å². The van der Waals surface area contributed by atoms with Crippen molar-refractivity contribution in [2.75, 3.05) is 18.5 Å². The maximum atomic E-state index is 12.7. The summed E-state index contributed by atoms with van der Waals surface area (Å²) in [5.74, 6) is -0.361. The van der Waals surface area contributed by atoms with Crippen LogP contribution in [0.2, 0.25) is 0 Å². The number of fused-ring (bicyclic) bond motifs is 1. The highest BCUT2D eigenvalue weighted by Gasteiger charge is 2.33. The van der Waals surface area contributed by atoms with Crippen molar-refractivity contribution < 1.29 is 23.5 Å². The van der Waals surface area contributed by atoms with Crippen LogP contribution in [0.25, 0.3) is 6.08 Å². The van der Waals surface area contributed by atoms with E-state index in [1.54, 1.807) is 25.1 Å². The Morgan fingerprint density at radius 2 is 2.16 bits per heavy atom. The highest BCUT2D eigenvalue weighted by Crippen LogP contribution is 2.39. The van der Waals surface area contributed by atoms with Crippen LogP contribution in [0.15, 0.2) is 27.7 Å². The maximum Gasteiger partial charge on any atom is 0.341 e. The van der Waals surface area contributed by atoms with Gasteiger partial charge in [0, 0.05) is 23.9 Å². The Labute approximate surface area is 199 Å². The Morgan fingerprint density at radius 1 is 1.34 bits per heavy atom. The fourth-order valence-electron chi connectivity index (χ4n) is 3.67. The Morgan fingerprint density at radius 3 is 2.91 bits per heavy atom. The van der Waals surface area contributed by atoms with Gasteiger partial charge in [-0.1, -0.05) is 24.0 Å². The molecule has 3 heterocycles. The fraction of sp³-hybridized carbons (Fsp3) is 0.364. The maximum absolute atomic E-state index is 12.7. The minimum Gasteiger partial charge on any atom is -0.465 e. The third-order valence-electron chi connectivity index (χ3n) is 5.16.